The van der Waals surface area contributed by atoms with Crippen molar-refractivity contribution in [2.45, 2.75) is 76.8 Å². The Kier molecular flexibility index (Phi) is 4.01. The van der Waals surface area contributed by atoms with E-state index >= 15 is 0 Å². The molecule has 7 nitrogen and oxygen atoms in total. The number of carboxylic acids is 1. The number of aliphatic carboxylic acids is 1. The molecule has 3 fully saturated rings. The number of fused-ring (bicyclic) bond motifs is 2. The Morgan fingerprint density at radius 1 is 1.13 bits per heavy atom. The van der Waals surface area contributed by atoms with Gasteiger partial charge in [0.2, 0.25) is 0 Å². The van der Waals surface area contributed by atoms with Crippen molar-refractivity contribution < 1.29 is 34.7 Å². The Morgan fingerprint density at radius 2 is 1.78 bits per heavy atom. The predicted octanol–water partition coefficient (Wildman–Crippen LogP) is 0.110. The lowest BCUT2D eigenvalue weighted by molar-refractivity contribution is -0.312. The molecule has 7 heteroatoms. The summed E-state index contributed by atoms with van der Waals surface area (Å²) in [6.45, 7) is 6.58. The van der Waals surface area contributed by atoms with Crippen LogP contribution < -0.4 is 0 Å². The van der Waals surface area contributed by atoms with Gasteiger partial charge in [-0.3, -0.25) is 0 Å². The van der Waals surface area contributed by atoms with Crippen LogP contribution in [0.1, 0.15) is 40.0 Å². The van der Waals surface area contributed by atoms with E-state index in [9.17, 15) is 20.1 Å². The van der Waals surface area contributed by atoms with E-state index in [0.717, 1.165) is 19.3 Å². The second-order valence-corrected chi connectivity index (χ2v) is 7.97. The van der Waals surface area contributed by atoms with Crippen LogP contribution in [0.3, 0.4) is 0 Å². The van der Waals surface area contributed by atoms with Crippen molar-refractivity contribution in [3.8, 4) is 0 Å². The predicted molar refractivity (Wildman–Crippen MR) is 78.4 cm³/mol. The Labute approximate surface area is 135 Å². The van der Waals surface area contributed by atoms with Crippen LogP contribution in [0.25, 0.3) is 0 Å². The SMILES string of the molecule is CC1(C)C2CCC1(C)C(O[C@@H]1OC(C(=O)O)C(O)C(O)C1O)C2. The standard InChI is InChI=1S/C16H26O7/c1-15(2)7-4-5-16(15,3)8(6-7)22-14-11(19)9(17)10(18)12(23-14)13(20)21/h7-12,14,17-19H,4-6H2,1-3H3,(H,20,21)/t7?,8?,9?,10?,11?,12?,14-,16?/m1/s1. The first-order chi connectivity index (χ1) is 10.6. The fourth-order valence-electron chi connectivity index (χ4n) is 4.66. The van der Waals surface area contributed by atoms with Crippen molar-refractivity contribution in [2.75, 3.05) is 0 Å². The summed E-state index contributed by atoms with van der Waals surface area (Å²) in [5, 5.41) is 38.8. The van der Waals surface area contributed by atoms with E-state index in [1.807, 2.05) is 0 Å². The number of aliphatic hydroxyl groups is 3. The lowest BCUT2D eigenvalue weighted by atomic mass is 9.70. The van der Waals surface area contributed by atoms with Gasteiger partial charge >= 0.3 is 5.97 Å². The van der Waals surface area contributed by atoms with Crippen molar-refractivity contribution in [1.82, 2.24) is 0 Å². The molecule has 2 aliphatic carbocycles. The average Bonchev–Trinajstić information content (AvgIpc) is 2.80. The maximum absolute atomic E-state index is 11.2. The molecule has 3 aliphatic rings. The summed E-state index contributed by atoms with van der Waals surface area (Å²) < 4.78 is 11.2. The van der Waals surface area contributed by atoms with Gasteiger partial charge in [-0.05, 0) is 36.0 Å². The summed E-state index contributed by atoms with van der Waals surface area (Å²) in [5.74, 6) is -0.874. The monoisotopic (exact) mass is 330 g/mol. The minimum Gasteiger partial charge on any atom is -0.479 e. The van der Waals surface area contributed by atoms with Crippen LogP contribution in [0.2, 0.25) is 0 Å². The normalized spacial score (nSPS) is 51.8. The second kappa shape index (κ2) is 5.39. The van der Waals surface area contributed by atoms with Gasteiger partial charge in [-0.25, -0.2) is 4.79 Å². The molecule has 1 aliphatic heterocycles. The van der Waals surface area contributed by atoms with Crippen molar-refractivity contribution in [3.63, 3.8) is 0 Å². The first-order valence-corrected chi connectivity index (χ1v) is 8.17. The molecule has 0 amide bonds. The Hall–Kier alpha value is -0.730. The Balaban J connectivity index is 1.76. The fraction of sp³-hybridized carbons (Fsp3) is 0.938. The number of carboxylic acid groups (broad SMARTS) is 1. The van der Waals surface area contributed by atoms with Gasteiger partial charge in [0.05, 0.1) is 6.10 Å². The zero-order chi connectivity index (χ0) is 17.2. The second-order valence-electron chi connectivity index (χ2n) is 7.97. The number of ether oxygens (including phenoxy) is 2. The van der Waals surface area contributed by atoms with Crippen molar-refractivity contribution >= 4 is 5.97 Å². The smallest absolute Gasteiger partial charge is 0.335 e. The molecular formula is C16H26O7. The summed E-state index contributed by atoms with van der Waals surface area (Å²) in [4.78, 5) is 11.2. The average molecular weight is 330 g/mol. The van der Waals surface area contributed by atoms with E-state index in [4.69, 9.17) is 14.6 Å². The highest BCUT2D eigenvalue weighted by molar-refractivity contribution is 5.73. The highest BCUT2D eigenvalue weighted by atomic mass is 16.7. The summed E-state index contributed by atoms with van der Waals surface area (Å²) in [6, 6.07) is 0. The zero-order valence-electron chi connectivity index (χ0n) is 13.7. The molecule has 0 spiro atoms. The topological polar surface area (TPSA) is 116 Å². The summed E-state index contributed by atoms with van der Waals surface area (Å²) >= 11 is 0. The minimum atomic E-state index is -1.69. The molecular weight excluding hydrogens is 304 g/mol. The first-order valence-electron chi connectivity index (χ1n) is 8.17. The van der Waals surface area contributed by atoms with Crippen LogP contribution in [0.5, 0.6) is 0 Å². The van der Waals surface area contributed by atoms with Gasteiger partial charge in [0, 0.05) is 0 Å². The Morgan fingerprint density at radius 3 is 2.26 bits per heavy atom. The van der Waals surface area contributed by atoms with E-state index in [1.165, 1.54) is 0 Å². The third-order valence-corrected chi connectivity index (χ3v) is 6.83. The number of hydrogen-bond acceptors (Lipinski definition) is 6. The molecule has 23 heavy (non-hydrogen) atoms. The largest absolute Gasteiger partial charge is 0.479 e. The van der Waals surface area contributed by atoms with Crippen molar-refractivity contribution in [3.05, 3.63) is 0 Å². The van der Waals surface area contributed by atoms with Gasteiger partial charge in [0.1, 0.15) is 18.3 Å². The molecule has 8 atom stereocenters. The molecule has 1 saturated heterocycles. The quantitative estimate of drug-likeness (QED) is 0.580. The maximum atomic E-state index is 11.2. The number of rotatable bonds is 3. The fourth-order valence-corrected chi connectivity index (χ4v) is 4.66. The van der Waals surface area contributed by atoms with Gasteiger partial charge in [0.25, 0.3) is 0 Å². The number of hydrogen-bond donors (Lipinski definition) is 4. The van der Waals surface area contributed by atoms with Gasteiger partial charge in [-0.2, -0.15) is 0 Å². The molecule has 7 unspecified atom stereocenters. The van der Waals surface area contributed by atoms with Gasteiger partial charge in [0.15, 0.2) is 12.4 Å². The summed E-state index contributed by atoms with van der Waals surface area (Å²) in [5.41, 5.74) is 0.0160. The molecule has 4 N–H and O–H groups in total. The minimum absolute atomic E-state index is 0.0829. The third kappa shape index (κ3) is 2.33. The highest BCUT2D eigenvalue weighted by Gasteiger charge is 2.63. The van der Waals surface area contributed by atoms with Gasteiger partial charge in [-0.1, -0.05) is 20.8 Å². The molecule has 0 aromatic rings. The molecule has 0 aromatic heterocycles. The van der Waals surface area contributed by atoms with Crippen molar-refractivity contribution in [2.24, 2.45) is 16.7 Å². The first kappa shape index (κ1) is 17.1. The molecule has 0 aromatic carbocycles. The van der Waals surface area contributed by atoms with Crippen LogP contribution in [0.15, 0.2) is 0 Å². The maximum Gasteiger partial charge on any atom is 0.335 e. The van der Waals surface area contributed by atoms with Gasteiger partial charge < -0.3 is 29.9 Å². The zero-order valence-corrected chi connectivity index (χ0v) is 13.7. The van der Waals surface area contributed by atoms with E-state index in [2.05, 4.69) is 20.8 Å². The van der Waals surface area contributed by atoms with Crippen LogP contribution >= 0.6 is 0 Å². The molecule has 0 radical (unpaired) electrons. The van der Waals surface area contributed by atoms with Crippen LogP contribution in [-0.2, 0) is 14.3 Å². The van der Waals surface area contributed by atoms with E-state index in [0.29, 0.717) is 5.92 Å². The highest BCUT2D eigenvalue weighted by Crippen LogP contribution is 2.66. The lowest BCUT2D eigenvalue weighted by Gasteiger charge is -2.44. The third-order valence-electron chi connectivity index (χ3n) is 6.83. The molecule has 3 rings (SSSR count). The van der Waals surface area contributed by atoms with Crippen molar-refractivity contribution in [1.29, 1.82) is 0 Å². The summed E-state index contributed by atoms with van der Waals surface area (Å²) in [7, 11) is 0. The molecule has 2 bridgehead atoms. The van der Waals surface area contributed by atoms with E-state index in [1.54, 1.807) is 0 Å². The lowest BCUT2D eigenvalue weighted by Crippen LogP contribution is -2.61. The van der Waals surface area contributed by atoms with E-state index in [-0.39, 0.29) is 16.9 Å². The van der Waals surface area contributed by atoms with Crippen LogP contribution in [0.4, 0.5) is 0 Å². The molecule has 132 valence electrons. The number of carbonyl (C=O) groups is 1. The van der Waals surface area contributed by atoms with E-state index < -0.39 is 36.7 Å². The van der Waals surface area contributed by atoms with Crippen LogP contribution in [0, 0.1) is 16.7 Å². The number of aliphatic hydroxyl groups excluding tert-OH is 3. The van der Waals surface area contributed by atoms with Crippen LogP contribution in [-0.4, -0.2) is 63.2 Å². The van der Waals surface area contributed by atoms with Gasteiger partial charge in [-0.15, -0.1) is 0 Å². The summed E-state index contributed by atoms with van der Waals surface area (Å²) in [6.07, 6.45) is -4.86. The molecule has 1 heterocycles. The molecule has 2 saturated carbocycles. The Bertz CT molecular complexity index is 493.